The number of amides is 1. The predicted molar refractivity (Wildman–Crippen MR) is 230 cm³/mol. The minimum Gasteiger partial charge on any atom is -0.394 e. The van der Waals surface area contributed by atoms with E-state index in [0.29, 0.717) is 12.8 Å². The number of unbranched alkanes of at least 4 members (excludes halogenated alkanes) is 32. The van der Waals surface area contributed by atoms with Crippen molar-refractivity contribution in [2.75, 3.05) is 6.61 Å². The molecule has 308 valence electrons. The van der Waals surface area contributed by atoms with E-state index >= 15 is 0 Å². The number of aliphatic hydroxyl groups excluding tert-OH is 2. The number of allylic oxidation sites excluding steroid dienone is 4. The van der Waals surface area contributed by atoms with Gasteiger partial charge in [0, 0.05) is 6.42 Å². The Morgan fingerprint density at radius 3 is 1.15 bits per heavy atom. The maximum atomic E-state index is 12.4. The normalized spacial score (nSPS) is 13.1. The molecule has 4 heteroatoms. The number of aliphatic hydroxyl groups is 2. The Labute approximate surface area is 326 Å². The fourth-order valence-corrected chi connectivity index (χ4v) is 7.33. The number of carbonyl (C=O) groups excluding carboxylic acids is 1. The van der Waals surface area contributed by atoms with E-state index in [0.717, 1.165) is 32.1 Å². The van der Waals surface area contributed by atoms with Crippen LogP contribution in [0.25, 0.3) is 0 Å². The SMILES string of the molecule is CCCCCCCCCCC/C=C\C/C=C\CCCCCCCCCCCC(=O)NC(CO)C(O)CCCCCCCCCCCCCCCCC. The molecule has 0 radical (unpaired) electrons. The maximum absolute atomic E-state index is 12.4. The Morgan fingerprint density at radius 1 is 0.462 bits per heavy atom. The molecule has 0 saturated carbocycles. The summed E-state index contributed by atoms with van der Waals surface area (Å²) in [5.41, 5.74) is 0. The van der Waals surface area contributed by atoms with E-state index in [2.05, 4.69) is 43.5 Å². The van der Waals surface area contributed by atoms with Gasteiger partial charge in [0.25, 0.3) is 0 Å². The van der Waals surface area contributed by atoms with Crippen LogP contribution >= 0.6 is 0 Å². The molecular formula is C48H93NO3. The van der Waals surface area contributed by atoms with Gasteiger partial charge in [-0.3, -0.25) is 4.79 Å². The minimum absolute atomic E-state index is 0.0336. The van der Waals surface area contributed by atoms with Gasteiger partial charge < -0.3 is 15.5 Å². The fourth-order valence-electron chi connectivity index (χ4n) is 7.33. The molecule has 1 amide bonds. The lowest BCUT2D eigenvalue weighted by Gasteiger charge is -2.22. The first kappa shape index (κ1) is 50.9. The van der Waals surface area contributed by atoms with Crippen LogP contribution in [0.2, 0.25) is 0 Å². The second kappa shape index (κ2) is 44.3. The van der Waals surface area contributed by atoms with E-state index in [9.17, 15) is 15.0 Å². The highest BCUT2D eigenvalue weighted by Gasteiger charge is 2.20. The average Bonchev–Trinajstić information content (AvgIpc) is 3.15. The molecule has 0 aromatic rings. The van der Waals surface area contributed by atoms with Crippen LogP contribution in [0, 0.1) is 0 Å². The zero-order valence-electron chi connectivity index (χ0n) is 35.3. The van der Waals surface area contributed by atoms with Crippen LogP contribution in [-0.2, 0) is 4.79 Å². The molecule has 4 nitrogen and oxygen atoms in total. The summed E-state index contributed by atoms with van der Waals surface area (Å²) >= 11 is 0. The van der Waals surface area contributed by atoms with E-state index in [1.54, 1.807) is 0 Å². The van der Waals surface area contributed by atoms with Crippen molar-refractivity contribution in [1.82, 2.24) is 5.32 Å². The predicted octanol–water partition coefficient (Wildman–Crippen LogP) is 14.8. The second-order valence-corrected chi connectivity index (χ2v) is 16.2. The molecular weight excluding hydrogens is 639 g/mol. The van der Waals surface area contributed by atoms with Crippen LogP contribution < -0.4 is 5.32 Å². The largest absolute Gasteiger partial charge is 0.394 e. The highest BCUT2D eigenvalue weighted by Crippen LogP contribution is 2.16. The lowest BCUT2D eigenvalue weighted by Crippen LogP contribution is -2.45. The summed E-state index contributed by atoms with van der Waals surface area (Å²) in [7, 11) is 0. The van der Waals surface area contributed by atoms with E-state index in [1.807, 2.05) is 0 Å². The summed E-state index contributed by atoms with van der Waals surface area (Å²) in [6, 6.07) is -0.536. The zero-order chi connectivity index (χ0) is 37.8. The Hall–Kier alpha value is -1.13. The quantitative estimate of drug-likeness (QED) is 0.0432. The van der Waals surface area contributed by atoms with Gasteiger partial charge in [0.2, 0.25) is 5.91 Å². The second-order valence-electron chi connectivity index (χ2n) is 16.2. The number of hydrogen-bond acceptors (Lipinski definition) is 3. The first-order valence-corrected chi connectivity index (χ1v) is 23.5. The van der Waals surface area contributed by atoms with Gasteiger partial charge in [0.15, 0.2) is 0 Å². The summed E-state index contributed by atoms with van der Waals surface area (Å²) in [4.78, 5) is 12.4. The van der Waals surface area contributed by atoms with Crippen molar-refractivity contribution in [2.24, 2.45) is 0 Å². The molecule has 0 aliphatic rings. The highest BCUT2D eigenvalue weighted by molar-refractivity contribution is 5.76. The van der Waals surface area contributed by atoms with Crippen LogP contribution in [-0.4, -0.2) is 34.9 Å². The molecule has 0 aliphatic carbocycles. The molecule has 0 rings (SSSR count). The molecule has 3 N–H and O–H groups in total. The van der Waals surface area contributed by atoms with Gasteiger partial charge in [0.1, 0.15) is 0 Å². The zero-order valence-corrected chi connectivity index (χ0v) is 35.3. The van der Waals surface area contributed by atoms with Crippen molar-refractivity contribution >= 4 is 5.91 Å². The Bertz CT molecular complexity index is 750. The minimum atomic E-state index is -0.659. The monoisotopic (exact) mass is 732 g/mol. The van der Waals surface area contributed by atoms with Gasteiger partial charge in [-0.05, 0) is 44.9 Å². The van der Waals surface area contributed by atoms with Gasteiger partial charge in [-0.25, -0.2) is 0 Å². The summed E-state index contributed by atoms with van der Waals surface area (Å²) < 4.78 is 0. The van der Waals surface area contributed by atoms with Crippen molar-refractivity contribution in [2.45, 2.75) is 270 Å². The number of nitrogens with one attached hydrogen (secondary N) is 1. The molecule has 2 unspecified atom stereocenters. The molecule has 0 heterocycles. The molecule has 0 saturated heterocycles. The van der Waals surface area contributed by atoms with E-state index < -0.39 is 12.1 Å². The van der Waals surface area contributed by atoms with Gasteiger partial charge >= 0.3 is 0 Å². The highest BCUT2D eigenvalue weighted by atomic mass is 16.3. The molecule has 0 aromatic carbocycles. The molecule has 0 aromatic heterocycles. The topological polar surface area (TPSA) is 69.6 Å². The third-order valence-electron chi connectivity index (χ3n) is 11.0. The smallest absolute Gasteiger partial charge is 0.220 e. The first-order valence-electron chi connectivity index (χ1n) is 23.5. The van der Waals surface area contributed by atoms with E-state index in [1.165, 1.54) is 199 Å². The number of rotatable bonds is 43. The van der Waals surface area contributed by atoms with E-state index in [4.69, 9.17) is 0 Å². The summed E-state index contributed by atoms with van der Waals surface area (Å²) in [6.07, 6.45) is 56.9. The van der Waals surface area contributed by atoms with Crippen LogP contribution in [0.5, 0.6) is 0 Å². The molecule has 0 bridgehead atoms. The van der Waals surface area contributed by atoms with Crippen LogP contribution in [0.15, 0.2) is 24.3 Å². The molecule has 2 atom stereocenters. The van der Waals surface area contributed by atoms with Crippen LogP contribution in [0.1, 0.15) is 258 Å². The summed E-state index contributed by atoms with van der Waals surface area (Å²) in [5.74, 6) is -0.0336. The Morgan fingerprint density at radius 2 is 0.788 bits per heavy atom. The summed E-state index contributed by atoms with van der Waals surface area (Å²) in [6.45, 7) is 4.37. The van der Waals surface area contributed by atoms with Gasteiger partial charge in [-0.1, -0.05) is 231 Å². The van der Waals surface area contributed by atoms with Gasteiger partial charge in [-0.2, -0.15) is 0 Å². The van der Waals surface area contributed by atoms with Crippen LogP contribution in [0.4, 0.5) is 0 Å². The third kappa shape index (κ3) is 40.1. The Balaban J connectivity index is 3.50. The van der Waals surface area contributed by atoms with Crippen molar-refractivity contribution in [3.05, 3.63) is 24.3 Å². The molecule has 0 aliphatic heterocycles. The van der Waals surface area contributed by atoms with Crippen molar-refractivity contribution in [3.63, 3.8) is 0 Å². The van der Waals surface area contributed by atoms with Crippen LogP contribution in [0.3, 0.4) is 0 Å². The van der Waals surface area contributed by atoms with Crippen molar-refractivity contribution in [3.8, 4) is 0 Å². The fraction of sp³-hybridized carbons (Fsp3) is 0.896. The standard InChI is InChI=1S/C48H93NO3/c1-3-5-7-9-11-13-15-17-19-20-21-22-23-24-25-26-27-28-30-32-34-36-38-40-42-44-48(52)49-46(45-50)47(51)43-41-39-37-35-33-31-29-18-16-14-12-10-8-6-4-2/h21-22,24-25,46-47,50-51H,3-20,23,26-45H2,1-2H3,(H,49,52)/b22-21-,25-24-. The molecule has 0 spiro atoms. The number of hydrogen-bond donors (Lipinski definition) is 3. The Kier molecular flexibility index (Phi) is 43.3. The lowest BCUT2D eigenvalue weighted by molar-refractivity contribution is -0.123. The maximum Gasteiger partial charge on any atom is 0.220 e. The number of carbonyl (C=O) groups is 1. The van der Waals surface area contributed by atoms with Gasteiger partial charge in [0.05, 0.1) is 18.8 Å². The molecule has 52 heavy (non-hydrogen) atoms. The van der Waals surface area contributed by atoms with Crippen molar-refractivity contribution < 1.29 is 15.0 Å². The first-order chi connectivity index (χ1) is 25.7. The molecule has 0 fully saturated rings. The third-order valence-corrected chi connectivity index (χ3v) is 11.0. The van der Waals surface area contributed by atoms with E-state index in [-0.39, 0.29) is 12.5 Å². The van der Waals surface area contributed by atoms with Crippen molar-refractivity contribution in [1.29, 1.82) is 0 Å². The lowest BCUT2D eigenvalue weighted by atomic mass is 10.0. The van der Waals surface area contributed by atoms with Gasteiger partial charge in [-0.15, -0.1) is 0 Å². The average molecular weight is 732 g/mol. The summed E-state index contributed by atoms with van der Waals surface area (Å²) in [5, 5.41) is 23.2.